The summed E-state index contributed by atoms with van der Waals surface area (Å²) in [7, 11) is 2.03. The highest BCUT2D eigenvalue weighted by Crippen LogP contribution is 2.37. The average molecular weight is 479 g/mol. The first-order chi connectivity index (χ1) is 16.1. The van der Waals surface area contributed by atoms with E-state index < -0.39 is 22.4 Å². The molecule has 1 aliphatic heterocycles. The van der Waals surface area contributed by atoms with Crippen LogP contribution in [0.4, 0.5) is 24.5 Å². The maximum absolute atomic E-state index is 12.9. The maximum Gasteiger partial charge on any atom is 0.416 e. The summed E-state index contributed by atoms with van der Waals surface area (Å²) in [5, 5.41) is 14.3. The summed E-state index contributed by atoms with van der Waals surface area (Å²) in [5.41, 5.74) is -0.239. The van der Waals surface area contributed by atoms with Gasteiger partial charge < -0.3 is 15.1 Å². The molecule has 1 amide bonds. The predicted octanol–water partition coefficient (Wildman–Crippen LogP) is 4.47. The molecule has 0 aromatic heterocycles. The Bertz CT molecular complexity index is 977. The monoisotopic (exact) mass is 478 g/mol. The summed E-state index contributed by atoms with van der Waals surface area (Å²) in [6.45, 7) is 2.96. The van der Waals surface area contributed by atoms with E-state index in [1.54, 1.807) is 4.90 Å². The molecule has 10 heteroatoms. The summed E-state index contributed by atoms with van der Waals surface area (Å²) in [6, 6.07) is 12.7. The van der Waals surface area contributed by atoms with Crippen LogP contribution in [0.3, 0.4) is 0 Å². The third-order valence-corrected chi connectivity index (χ3v) is 6.02. The van der Waals surface area contributed by atoms with Crippen LogP contribution in [0.15, 0.2) is 48.5 Å². The Balaban J connectivity index is 1.44. The van der Waals surface area contributed by atoms with Gasteiger partial charge in [0.1, 0.15) is 5.69 Å². The third-order valence-electron chi connectivity index (χ3n) is 6.02. The minimum Gasteiger partial charge on any atom is -0.366 e. The number of carbonyl (C=O) groups excluding carboxylic acids is 1. The van der Waals surface area contributed by atoms with Crippen molar-refractivity contribution < 1.29 is 22.9 Å². The lowest BCUT2D eigenvalue weighted by atomic mass is 9.95. The van der Waals surface area contributed by atoms with Gasteiger partial charge in [0.2, 0.25) is 5.91 Å². The number of nitrogens with one attached hydrogen (secondary N) is 1. The Morgan fingerprint density at radius 2 is 1.85 bits per heavy atom. The minimum absolute atomic E-state index is 0.0488. The van der Waals surface area contributed by atoms with E-state index in [1.165, 1.54) is 5.56 Å². The lowest BCUT2D eigenvalue weighted by Gasteiger charge is -2.32. The fourth-order valence-electron chi connectivity index (χ4n) is 4.18. The van der Waals surface area contributed by atoms with Crippen LogP contribution in [0.1, 0.15) is 30.4 Å². The normalized spacial score (nSPS) is 14.9. The molecule has 7 nitrogen and oxygen atoms in total. The molecule has 0 radical (unpaired) electrons. The van der Waals surface area contributed by atoms with E-state index in [0.29, 0.717) is 38.5 Å². The SMILES string of the molecule is CN(CCCNC(=O)C1CCN(c2ccc(C(F)(F)F)cc2[N+](=O)[O-])CC1)Cc1ccccc1. The Morgan fingerprint density at radius 1 is 1.18 bits per heavy atom. The molecule has 34 heavy (non-hydrogen) atoms. The van der Waals surface area contributed by atoms with Gasteiger partial charge in [0, 0.05) is 38.2 Å². The molecule has 1 fully saturated rings. The van der Waals surface area contributed by atoms with Crippen molar-refractivity contribution in [2.45, 2.75) is 32.0 Å². The zero-order valence-corrected chi connectivity index (χ0v) is 19.1. The first kappa shape index (κ1) is 25.5. The maximum atomic E-state index is 12.9. The summed E-state index contributed by atoms with van der Waals surface area (Å²) in [5.74, 6) is -0.265. The van der Waals surface area contributed by atoms with E-state index in [1.807, 2.05) is 25.2 Å². The highest BCUT2D eigenvalue weighted by molar-refractivity contribution is 5.79. The summed E-state index contributed by atoms with van der Waals surface area (Å²) in [6.07, 6.45) is -2.87. The molecule has 3 rings (SSSR count). The molecule has 1 aliphatic rings. The van der Waals surface area contributed by atoms with Crippen LogP contribution >= 0.6 is 0 Å². The van der Waals surface area contributed by atoms with E-state index in [9.17, 15) is 28.1 Å². The zero-order chi connectivity index (χ0) is 24.7. The number of hydrogen-bond donors (Lipinski definition) is 1. The summed E-state index contributed by atoms with van der Waals surface area (Å²) >= 11 is 0. The van der Waals surface area contributed by atoms with Gasteiger partial charge in [0.15, 0.2) is 0 Å². The molecule has 2 aromatic rings. The Morgan fingerprint density at radius 3 is 2.47 bits per heavy atom. The number of nitro groups is 1. The second-order valence-electron chi connectivity index (χ2n) is 8.59. The molecule has 1 heterocycles. The number of nitro benzene ring substituents is 1. The van der Waals surface area contributed by atoms with Crippen LogP contribution in [0.25, 0.3) is 0 Å². The van der Waals surface area contributed by atoms with Crippen molar-refractivity contribution in [2.24, 2.45) is 5.92 Å². The van der Waals surface area contributed by atoms with Gasteiger partial charge >= 0.3 is 6.18 Å². The number of rotatable bonds is 9. The number of carbonyl (C=O) groups is 1. The van der Waals surface area contributed by atoms with Crippen molar-refractivity contribution in [1.82, 2.24) is 10.2 Å². The molecular formula is C24H29F3N4O3. The van der Waals surface area contributed by atoms with Gasteiger partial charge in [0.05, 0.1) is 10.5 Å². The van der Waals surface area contributed by atoms with Gasteiger partial charge in [0.25, 0.3) is 5.69 Å². The first-order valence-electron chi connectivity index (χ1n) is 11.3. The quantitative estimate of drug-likeness (QED) is 0.327. The lowest BCUT2D eigenvalue weighted by molar-refractivity contribution is -0.384. The lowest BCUT2D eigenvalue weighted by Crippen LogP contribution is -2.41. The molecule has 1 N–H and O–H groups in total. The van der Waals surface area contributed by atoms with Crippen LogP contribution in [0.2, 0.25) is 0 Å². The van der Waals surface area contributed by atoms with Crippen molar-refractivity contribution in [2.75, 3.05) is 38.1 Å². The van der Waals surface area contributed by atoms with Crippen molar-refractivity contribution in [3.8, 4) is 0 Å². The molecule has 0 aliphatic carbocycles. The Hall–Kier alpha value is -3.14. The van der Waals surface area contributed by atoms with E-state index >= 15 is 0 Å². The molecule has 1 saturated heterocycles. The smallest absolute Gasteiger partial charge is 0.366 e. The van der Waals surface area contributed by atoms with Crippen LogP contribution in [0.5, 0.6) is 0 Å². The molecule has 2 aromatic carbocycles. The van der Waals surface area contributed by atoms with Crippen LogP contribution in [-0.2, 0) is 17.5 Å². The number of alkyl halides is 3. The molecule has 0 atom stereocenters. The van der Waals surface area contributed by atoms with Gasteiger partial charge in [-0.25, -0.2) is 0 Å². The molecule has 0 unspecified atom stereocenters. The summed E-state index contributed by atoms with van der Waals surface area (Å²) < 4.78 is 38.8. The molecule has 184 valence electrons. The van der Waals surface area contributed by atoms with Gasteiger partial charge in [-0.05, 0) is 50.6 Å². The van der Waals surface area contributed by atoms with Crippen molar-refractivity contribution in [3.63, 3.8) is 0 Å². The number of nitrogens with zero attached hydrogens (tertiary/aromatic N) is 3. The van der Waals surface area contributed by atoms with Gasteiger partial charge in [-0.2, -0.15) is 13.2 Å². The average Bonchev–Trinajstić information content (AvgIpc) is 2.81. The molecular weight excluding hydrogens is 449 g/mol. The molecule has 0 bridgehead atoms. The Labute approximate surface area is 196 Å². The fraction of sp³-hybridized carbons (Fsp3) is 0.458. The van der Waals surface area contributed by atoms with Crippen molar-refractivity contribution in [3.05, 3.63) is 69.8 Å². The van der Waals surface area contributed by atoms with Crippen molar-refractivity contribution in [1.29, 1.82) is 0 Å². The number of halogens is 3. The first-order valence-corrected chi connectivity index (χ1v) is 11.3. The number of piperidine rings is 1. The van der Waals surface area contributed by atoms with Crippen molar-refractivity contribution >= 4 is 17.3 Å². The van der Waals surface area contributed by atoms with Crippen LogP contribution in [-0.4, -0.2) is 49.0 Å². The minimum atomic E-state index is -4.65. The number of anilines is 1. The standard InChI is InChI=1S/C24H29F3N4O3/c1-29(17-18-6-3-2-4-7-18)13-5-12-28-23(32)19-10-14-30(15-11-19)21-9-8-20(24(25,26)27)16-22(21)31(33)34/h2-4,6-9,16,19H,5,10-15,17H2,1H3,(H,28,32). The van der Waals surface area contributed by atoms with Gasteiger partial charge in [-0.1, -0.05) is 30.3 Å². The second-order valence-corrected chi connectivity index (χ2v) is 8.59. The number of hydrogen-bond acceptors (Lipinski definition) is 5. The number of benzene rings is 2. The highest BCUT2D eigenvalue weighted by Gasteiger charge is 2.34. The summed E-state index contributed by atoms with van der Waals surface area (Å²) in [4.78, 5) is 27.0. The zero-order valence-electron chi connectivity index (χ0n) is 19.1. The topological polar surface area (TPSA) is 78.7 Å². The van der Waals surface area contributed by atoms with E-state index in [0.717, 1.165) is 31.6 Å². The molecule has 0 saturated carbocycles. The number of amides is 1. The van der Waals surface area contributed by atoms with E-state index in [4.69, 9.17) is 0 Å². The largest absolute Gasteiger partial charge is 0.416 e. The van der Waals surface area contributed by atoms with Crippen LogP contribution in [0, 0.1) is 16.0 Å². The van der Waals surface area contributed by atoms with E-state index in [2.05, 4.69) is 22.3 Å². The third kappa shape index (κ3) is 6.93. The Kier molecular flexibility index (Phi) is 8.49. The fourth-order valence-corrected chi connectivity index (χ4v) is 4.18. The predicted molar refractivity (Wildman–Crippen MR) is 123 cm³/mol. The highest BCUT2D eigenvalue weighted by atomic mass is 19.4. The molecule has 0 spiro atoms. The second kappa shape index (κ2) is 11.3. The van der Waals surface area contributed by atoms with Crippen LogP contribution < -0.4 is 10.2 Å². The van der Waals surface area contributed by atoms with Gasteiger partial charge in [-0.3, -0.25) is 14.9 Å². The van der Waals surface area contributed by atoms with Gasteiger partial charge in [-0.15, -0.1) is 0 Å². The van der Waals surface area contributed by atoms with E-state index in [-0.39, 0.29) is 17.5 Å².